The molecular formula is C59H119NO5. The molecular weight excluding hydrogens is 803 g/mol. The van der Waals surface area contributed by atoms with E-state index in [1.54, 1.807) is 0 Å². The first-order valence-corrected chi connectivity index (χ1v) is 29.9. The predicted octanol–water partition coefficient (Wildman–Crippen LogP) is 17.5. The summed E-state index contributed by atoms with van der Waals surface area (Å²) in [5, 5.41) is 44.1. The number of amides is 1. The summed E-state index contributed by atoms with van der Waals surface area (Å²) in [6, 6.07) is -0.981. The number of carbonyl (C=O) groups is 1. The van der Waals surface area contributed by atoms with Gasteiger partial charge in [0.2, 0.25) is 5.91 Å². The minimum atomic E-state index is -1.25. The Morgan fingerprint density at radius 2 is 0.523 bits per heavy atom. The van der Waals surface area contributed by atoms with Crippen molar-refractivity contribution in [3.05, 3.63) is 0 Å². The largest absolute Gasteiger partial charge is 0.394 e. The van der Waals surface area contributed by atoms with Gasteiger partial charge in [0.25, 0.3) is 0 Å². The van der Waals surface area contributed by atoms with Gasteiger partial charge in [-0.05, 0) is 12.8 Å². The average molecular weight is 923 g/mol. The van der Waals surface area contributed by atoms with Crippen LogP contribution in [0, 0.1) is 0 Å². The van der Waals surface area contributed by atoms with Gasteiger partial charge in [0.15, 0.2) is 0 Å². The lowest BCUT2D eigenvalue weighted by Gasteiger charge is -2.27. The van der Waals surface area contributed by atoms with Crippen LogP contribution in [0.3, 0.4) is 0 Å². The minimum absolute atomic E-state index is 0.376. The van der Waals surface area contributed by atoms with Crippen molar-refractivity contribution >= 4 is 5.91 Å². The molecule has 0 fully saturated rings. The van der Waals surface area contributed by atoms with Crippen LogP contribution in [0.25, 0.3) is 0 Å². The Bertz CT molecular complexity index is 902. The highest BCUT2D eigenvalue weighted by Gasteiger charge is 2.28. The second kappa shape index (κ2) is 54.3. The molecule has 4 atom stereocenters. The molecule has 0 aliphatic heterocycles. The van der Waals surface area contributed by atoms with Crippen LogP contribution in [0.15, 0.2) is 0 Å². The number of aliphatic hydroxyl groups is 4. The molecule has 4 unspecified atom stereocenters. The summed E-state index contributed by atoms with van der Waals surface area (Å²) >= 11 is 0. The molecule has 390 valence electrons. The van der Waals surface area contributed by atoms with Crippen molar-refractivity contribution in [2.45, 2.75) is 366 Å². The van der Waals surface area contributed by atoms with Gasteiger partial charge in [0, 0.05) is 0 Å². The van der Waals surface area contributed by atoms with E-state index >= 15 is 0 Å². The van der Waals surface area contributed by atoms with Crippen LogP contribution in [-0.4, -0.2) is 57.3 Å². The van der Waals surface area contributed by atoms with Crippen LogP contribution < -0.4 is 5.32 Å². The maximum atomic E-state index is 12.6. The Kier molecular flexibility index (Phi) is 53.7. The zero-order valence-electron chi connectivity index (χ0n) is 44.3. The molecule has 0 radical (unpaired) electrons. The van der Waals surface area contributed by atoms with Crippen molar-refractivity contribution < 1.29 is 25.2 Å². The molecule has 6 heteroatoms. The van der Waals surface area contributed by atoms with E-state index in [4.69, 9.17) is 0 Å². The SMILES string of the molecule is CCCCCCCCCCCCCCCCCCCCCCCCCCCCCCCCC(O)C(=O)NC(CO)C(O)C(O)CCCCCCCCCCCCCCCCCCCCC. The summed E-state index contributed by atoms with van der Waals surface area (Å²) in [7, 11) is 0. The summed E-state index contributed by atoms with van der Waals surface area (Å²) in [6.45, 7) is 4.10. The van der Waals surface area contributed by atoms with Crippen molar-refractivity contribution in [1.29, 1.82) is 0 Å². The van der Waals surface area contributed by atoms with Gasteiger partial charge in [-0.25, -0.2) is 0 Å². The fourth-order valence-corrected chi connectivity index (χ4v) is 9.88. The molecule has 0 aliphatic rings. The molecule has 0 aromatic heterocycles. The molecule has 0 saturated carbocycles. The smallest absolute Gasteiger partial charge is 0.249 e. The number of rotatable bonds is 56. The molecule has 1 amide bonds. The quantitative estimate of drug-likeness (QED) is 0.0390. The number of aliphatic hydroxyl groups excluding tert-OH is 4. The lowest BCUT2D eigenvalue weighted by molar-refractivity contribution is -0.132. The minimum Gasteiger partial charge on any atom is -0.394 e. The van der Waals surface area contributed by atoms with Gasteiger partial charge in [0.1, 0.15) is 12.2 Å². The normalized spacial score (nSPS) is 13.6. The topological polar surface area (TPSA) is 110 Å². The van der Waals surface area contributed by atoms with Crippen molar-refractivity contribution in [3.63, 3.8) is 0 Å². The Hall–Kier alpha value is -0.690. The third kappa shape index (κ3) is 48.1. The first-order chi connectivity index (χ1) is 32.0. The van der Waals surface area contributed by atoms with E-state index in [2.05, 4.69) is 19.2 Å². The van der Waals surface area contributed by atoms with E-state index in [1.165, 1.54) is 276 Å². The van der Waals surface area contributed by atoms with Gasteiger partial charge >= 0.3 is 0 Å². The molecule has 0 aromatic carbocycles. The summed E-state index contributed by atoms with van der Waals surface area (Å²) in [5.41, 5.74) is 0. The van der Waals surface area contributed by atoms with Gasteiger partial charge in [-0.15, -0.1) is 0 Å². The number of hydrogen-bond donors (Lipinski definition) is 5. The summed E-state index contributed by atoms with van der Waals surface area (Å²) in [5.74, 6) is -0.575. The zero-order valence-corrected chi connectivity index (χ0v) is 44.3. The summed E-state index contributed by atoms with van der Waals surface area (Å²) in [4.78, 5) is 12.6. The standard InChI is InChI=1S/C59H119NO5/c1-3-5-7-9-11-13-15-17-19-21-23-24-25-26-27-28-29-30-31-32-33-35-37-39-41-43-45-47-49-51-53-57(63)59(65)60-55(54-61)58(64)56(62)52-50-48-46-44-42-40-38-36-34-22-20-18-16-14-12-10-8-6-4-2/h55-58,61-64H,3-54H2,1-2H3,(H,60,65). The van der Waals surface area contributed by atoms with Crippen LogP contribution >= 0.6 is 0 Å². The second-order valence-electron chi connectivity index (χ2n) is 21.1. The predicted molar refractivity (Wildman–Crippen MR) is 284 cm³/mol. The monoisotopic (exact) mass is 922 g/mol. The van der Waals surface area contributed by atoms with Crippen LogP contribution in [0.1, 0.15) is 341 Å². The number of nitrogens with one attached hydrogen (secondary N) is 1. The molecule has 0 saturated heterocycles. The van der Waals surface area contributed by atoms with Crippen molar-refractivity contribution in [3.8, 4) is 0 Å². The summed E-state index contributed by atoms with van der Waals surface area (Å²) < 4.78 is 0. The average Bonchev–Trinajstić information content (AvgIpc) is 3.31. The van der Waals surface area contributed by atoms with Gasteiger partial charge in [-0.1, -0.05) is 328 Å². The maximum absolute atomic E-state index is 12.6. The first kappa shape index (κ1) is 64.3. The van der Waals surface area contributed by atoms with Gasteiger partial charge < -0.3 is 25.7 Å². The van der Waals surface area contributed by atoms with E-state index < -0.39 is 36.9 Å². The van der Waals surface area contributed by atoms with Gasteiger partial charge in [-0.3, -0.25) is 4.79 Å². The van der Waals surface area contributed by atoms with Crippen molar-refractivity contribution in [2.24, 2.45) is 0 Å². The van der Waals surface area contributed by atoms with E-state index in [1.807, 2.05) is 0 Å². The third-order valence-corrected chi connectivity index (χ3v) is 14.6. The van der Waals surface area contributed by atoms with Crippen molar-refractivity contribution in [2.75, 3.05) is 6.61 Å². The number of hydrogen-bond acceptors (Lipinski definition) is 5. The van der Waals surface area contributed by atoms with E-state index in [-0.39, 0.29) is 0 Å². The third-order valence-electron chi connectivity index (χ3n) is 14.6. The lowest BCUT2D eigenvalue weighted by Crippen LogP contribution is -2.53. The Balaban J connectivity index is 3.54. The van der Waals surface area contributed by atoms with Crippen molar-refractivity contribution in [1.82, 2.24) is 5.32 Å². The molecule has 65 heavy (non-hydrogen) atoms. The van der Waals surface area contributed by atoms with Gasteiger partial charge in [-0.2, -0.15) is 0 Å². The van der Waals surface area contributed by atoms with Crippen LogP contribution in [-0.2, 0) is 4.79 Å². The van der Waals surface area contributed by atoms with E-state index in [0.717, 1.165) is 38.5 Å². The fraction of sp³-hybridized carbons (Fsp3) is 0.983. The van der Waals surface area contributed by atoms with Gasteiger partial charge in [0.05, 0.1) is 18.8 Å². The number of carbonyl (C=O) groups excluding carboxylic acids is 1. The lowest BCUT2D eigenvalue weighted by atomic mass is 9.99. The Labute approximate surface area is 407 Å². The van der Waals surface area contributed by atoms with Crippen LogP contribution in [0.2, 0.25) is 0 Å². The van der Waals surface area contributed by atoms with E-state index in [0.29, 0.717) is 12.8 Å². The molecule has 0 rings (SSSR count). The molecule has 5 N–H and O–H groups in total. The highest BCUT2D eigenvalue weighted by molar-refractivity contribution is 5.80. The highest BCUT2D eigenvalue weighted by atomic mass is 16.3. The highest BCUT2D eigenvalue weighted by Crippen LogP contribution is 2.19. The molecule has 0 bridgehead atoms. The molecule has 6 nitrogen and oxygen atoms in total. The molecule has 0 heterocycles. The molecule has 0 spiro atoms. The summed E-state index contributed by atoms with van der Waals surface area (Å²) in [6.07, 6.45) is 63.3. The van der Waals surface area contributed by atoms with E-state index in [9.17, 15) is 25.2 Å². The van der Waals surface area contributed by atoms with Crippen LogP contribution in [0.5, 0.6) is 0 Å². The van der Waals surface area contributed by atoms with Crippen LogP contribution in [0.4, 0.5) is 0 Å². The number of unbranched alkanes of at least 4 members (excludes halogenated alkanes) is 47. The Morgan fingerprint density at radius 3 is 0.738 bits per heavy atom. The second-order valence-corrected chi connectivity index (χ2v) is 21.1. The molecule has 0 aliphatic carbocycles. The first-order valence-electron chi connectivity index (χ1n) is 29.9. The molecule has 0 aromatic rings. The fourth-order valence-electron chi connectivity index (χ4n) is 9.88. The zero-order chi connectivity index (χ0) is 47.4. The maximum Gasteiger partial charge on any atom is 0.249 e. The Morgan fingerprint density at radius 1 is 0.323 bits per heavy atom.